The molecule has 1 heterocycles. The highest BCUT2D eigenvalue weighted by atomic mass is 19.1. The fourth-order valence-corrected chi connectivity index (χ4v) is 3.94. The second-order valence-electron chi connectivity index (χ2n) is 8.41. The van der Waals surface area contributed by atoms with E-state index in [2.05, 4.69) is 5.32 Å². The molecule has 0 radical (unpaired) electrons. The Bertz CT molecular complexity index is 1450. The highest BCUT2D eigenvalue weighted by molar-refractivity contribution is 6.14. The van der Waals surface area contributed by atoms with Crippen molar-refractivity contribution < 1.29 is 24.2 Å². The fraction of sp³-hybridized carbons (Fsp3) is 0.148. The Labute approximate surface area is 195 Å². The molecule has 0 spiro atoms. The third-order valence-corrected chi connectivity index (χ3v) is 5.59. The van der Waals surface area contributed by atoms with Gasteiger partial charge in [0.2, 0.25) is 0 Å². The summed E-state index contributed by atoms with van der Waals surface area (Å²) in [5.41, 5.74) is 3.10. The van der Waals surface area contributed by atoms with Crippen molar-refractivity contribution in [1.29, 1.82) is 0 Å². The number of halogens is 1. The van der Waals surface area contributed by atoms with E-state index in [-0.39, 0.29) is 28.7 Å². The van der Waals surface area contributed by atoms with E-state index in [9.17, 15) is 24.2 Å². The standard InChI is InChI=1S/C27H23FN2O4/c1-14(2)24-23(16-7-10-22(28)15(3)11-16)20-9-8-19(31)13-21(20)25(30-24)26(32)29-18-6-4-5-17(12-18)27(33)34/h4-14,31H,1-3H3,(H,29,32)(H,33,34). The number of nitrogens with zero attached hydrogens (tertiary/aromatic N) is 1. The zero-order chi connectivity index (χ0) is 24.6. The summed E-state index contributed by atoms with van der Waals surface area (Å²) in [7, 11) is 0. The van der Waals surface area contributed by atoms with Gasteiger partial charge in [-0.3, -0.25) is 4.79 Å². The van der Waals surface area contributed by atoms with Gasteiger partial charge < -0.3 is 15.5 Å². The highest BCUT2D eigenvalue weighted by Crippen LogP contribution is 2.38. The molecule has 3 aromatic carbocycles. The maximum atomic E-state index is 14.0. The SMILES string of the molecule is Cc1cc(-c2c(C(C)C)nc(C(=O)Nc3cccc(C(=O)O)c3)c3cc(O)ccc23)ccc1F. The summed E-state index contributed by atoms with van der Waals surface area (Å²) in [5, 5.41) is 23.2. The Hall–Kier alpha value is -4.26. The van der Waals surface area contributed by atoms with E-state index in [0.29, 0.717) is 27.7 Å². The van der Waals surface area contributed by atoms with Gasteiger partial charge in [0, 0.05) is 16.6 Å². The van der Waals surface area contributed by atoms with Crippen LogP contribution in [0.2, 0.25) is 0 Å². The number of aromatic nitrogens is 1. The number of pyridine rings is 1. The van der Waals surface area contributed by atoms with Gasteiger partial charge in [-0.25, -0.2) is 14.2 Å². The van der Waals surface area contributed by atoms with Crippen LogP contribution < -0.4 is 5.32 Å². The number of carbonyl (C=O) groups is 2. The zero-order valence-corrected chi connectivity index (χ0v) is 18.9. The Kier molecular flexibility index (Phi) is 6.03. The van der Waals surface area contributed by atoms with Crippen LogP contribution in [0.4, 0.5) is 10.1 Å². The number of nitrogens with one attached hydrogen (secondary N) is 1. The first-order valence-electron chi connectivity index (χ1n) is 10.7. The van der Waals surface area contributed by atoms with Crippen LogP contribution in [0.5, 0.6) is 5.75 Å². The summed E-state index contributed by atoms with van der Waals surface area (Å²) in [6.07, 6.45) is 0. The van der Waals surface area contributed by atoms with Crippen LogP contribution in [-0.2, 0) is 0 Å². The lowest BCUT2D eigenvalue weighted by Gasteiger charge is -2.19. The highest BCUT2D eigenvalue weighted by Gasteiger charge is 2.22. The molecule has 0 bridgehead atoms. The normalized spacial score (nSPS) is 11.1. The average Bonchev–Trinajstić information content (AvgIpc) is 2.79. The lowest BCUT2D eigenvalue weighted by atomic mass is 9.90. The fourth-order valence-electron chi connectivity index (χ4n) is 3.94. The van der Waals surface area contributed by atoms with Crippen molar-refractivity contribution in [3.05, 3.63) is 89.0 Å². The van der Waals surface area contributed by atoms with Gasteiger partial charge in [-0.2, -0.15) is 0 Å². The molecule has 3 N–H and O–H groups in total. The van der Waals surface area contributed by atoms with Crippen molar-refractivity contribution in [3.8, 4) is 16.9 Å². The number of amides is 1. The molecule has 172 valence electrons. The van der Waals surface area contributed by atoms with Crippen molar-refractivity contribution in [2.75, 3.05) is 5.32 Å². The van der Waals surface area contributed by atoms with E-state index in [1.165, 1.54) is 36.4 Å². The Morgan fingerprint density at radius 2 is 1.76 bits per heavy atom. The predicted molar refractivity (Wildman–Crippen MR) is 129 cm³/mol. The summed E-state index contributed by atoms with van der Waals surface area (Å²) in [6, 6.07) is 15.4. The zero-order valence-electron chi connectivity index (χ0n) is 18.9. The van der Waals surface area contributed by atoms with Crippen LogP contribution in [0.3, 0.4) is 0 Å². The Morgan fingerprint density at radius 1 is 1.00 bits per heavy atom. The number of phenolic OH excluding ortho intramolecular Hbond substituents is 1. The summed E-state index contributed by atoms with van der Waals surface area (Å²) in [5.74, 6) is -2.06. The monoisotopic (exact) mass is 458 g/mol. The smallest absolute Gasteiger partial charge is 0.335 e. The van der Waals surface area contributed by atoms with Gasteiger partial charge in [0.25, 0.3) is 5.91 Å². The number of carboxylic acid groups (broad SMARTS) is 1. The summed E-state index contributed by atoms with van der Waals surface area (Å²) in [6.45, 7) is 5.58. The quantitative estimate of drug-likeness (QED) is 0.334. The summed E-state index contributed by atoms with van der Waals surface area (Å²) in [4.78, 5) is 29.3. The number of carbonyl (C=O) groups excluding carboxylic acids is 1. The number of hydrogen-bond donors (Lipinski definition) is 3. The molecule has 7 heteroatoms. The number of rotatable bonds is 5. The predicted octanol–water partition coefficient (Wildman–Crippen LogP) is 6.13. The van der Waals surface area contributed by atoms with Crippen LogP contribution >= 0.6 is 0 Å². The number of aromatic carboxylic acids is 1. The third kappa shape index (κ3) is 4.32. The lowest BCUT2D eigenvalue weighted by Crippen LogP contribution is -2.16. The number of fused-ring (bicyclic) bond motifs is 1. The van der Waals surface area contributed by atoms with Crippen molar-refractivity contribution >= 4 is 28.3 Å². The van der Waals surface area contributed by atoms with Crippen LogP contribution in [0.1, 0.15) is 51.9 Å². The molecule has 0 unspecified atom stereocenters. The number of aryl methyl sites for hydroxylation is 1. The maximum Gasteiger partial charge on any atom is 0.335 e. The minimum Gasteiger partial charge on any atom is -0.508 e. The Morgan fingerprint density at radius 3 is 2.44 bits per heavy atom. The number of aromatic hydroxyl groups is 1. The molecule has 6 nitrogen and oxygen atoms in total. The first kappa shape index (κ1) is 22.9. The van der Waals surface area contributed by atoms with Gasteiger partial charge in [-0.1, -0.05) is 26.0 Å². The number of carboxylic acids is 1. The van der Waals surface area contributed by atoms with Crippen LogP contribution in [0.25, 0.3) is 21.9 Å². The molecule has 34 heavy (non-hydrogen) atoms. The van der Waals surface area contributed by atoms with Gasteiger partial charge in [-0.05, 0) is 77.9 Å². The van der Waals surface area contributed by atoms with Gasteiger partial charge in [-0.15, -0.1) is 0 Å². The molecular formula is C27H23FN2O4. The minimum atomic E-state index is -1.11. The molecule has 4 rings (SSSR count). The molecule has 1 aromatic heterocycles. The minimum absolute atomic E-state index is 0.0326. The van der Waals surface area contributed by atoms with Crippen molar-refractivity contribution in [1.82, 2.24) is 4.98 Å². The molecule has 0 saturated carbocycles. The van der Waals surface area contributed by atoms with Gasteiger partial charge in [0.1, 0.15) is 17.3 Å². The number of hydrogen-bond acceptors (Lipinski definition) is 4. The second-order valence-corrected chi connectivity index (χ2v) is 8.41. The lowest BCUT2D eigenvalue weighted by molar-refractivity contribution is 0.0696. The molecule has 4 aromatic rings. The largest absolute Gasteiger partial charge is 0.508 e. The molecular weight excluding hydrogens is 435 g/mol. The van der Waals surface area contributed by atoms with E-state index in [0.717, 1.165) is 11.1 Å². The summed E-state index contributed by atoms with van der Waals surface area (Å²) >= 11 is 0. The number of phenols is 1. The molecule has 0 aliphatic carbocycles. The first-order valence-corrected chi connectivity index (χ1v) is 10.7. The molecule has 0 aliphatic heterocycles. The van der Waals surface area contributed by atoms with E-state index in [1.54, 1.807) is 31.2 Å². The van der Waals surface area contributed by atoms with Gasteiger partial charge in [0.05, 0.1) is 11.3 Å². The first-order chi connectivity index (χ1) is 16.2. The average molecular weight is 458 g/mol. The molecule has 1 amide bonds. The van der Waals surface area contributed by atoms with Gasteiger partial charge >= 0.3 is 5.97 Å². The van der Waals surface area contributed by atoms with Crippen molar-refractivity contribution in [2.45, 2.75) is 26.7 Å². The molecule has 0 aliphatic rings. The number of benzene rings is 3. The van der Waals surface area contributed by atoms with Crippen molar-refractivity contribution in [2.24, 2.45) is 0 Å². The summed E-state index contributed by atoms with van der Waals surface area (Å²) < 4.78 is 14.0. The van der Waals surface area contributed by atoms with E-state index in [4.69, 9.17) is 4.98 Å². The number of anilines is 1. The topological polar surface area (TPSA) is 99.5 Å². The van der Waals surface area contributed by atoms with E-state index < -0.39 is 11.9 Å². The van der Waals surface area contributed by atoms with Crippen LogP contribution in [0, 0.1) is 12.7 Å². The molecule has 0 saturated heterocycles. The van der Waals surface area contributed by atoms with Crippen molar-refractivity contribution in [3.63, 3.8) is 0 Å². The Balaban J connectivity index is 1.92. The molecule has 0 atom stereocenters. The molecule has 0 fully saturated rings. The van der Waals surface area contributed by atoms with E-state index in [1.807, 2.05) is 13.8 Å². The van der Waals surface area contributed by atoms with Crippen LogP contribution in [0.15, 0.2) is 60.7 Å². The maximum absolute atomic E-state index is 14.0. The van der Waals surface area contributed by atoms with E-state index >= 15 is 0 Å². The second kappa shape index (κ2) is 8.94. The third-order valence-electron chi connectivity index (χ3n) is 5.59. The van der Waals surface area contributed by atoms with Crippen LogP contribution in [-0.4, -0.2) is 27.1 Å². The van der Waals surface area contributed by atoms with Gasteiger partial charge in [0.15, 0.2) is 0 Å².